The molecular weight excluding hydrogens is 302 g/mol. The van der Waals surface area contributed by atoms with Crippen molar-refractivity contribution in [2.24, 2.45) is 5.92 Å². The summed E-state index contributed by atoms with van der Waals surface area (Å²) >= 11 is 0. The Morgan fingerprint density at radius 3 is 2.50 bits per heavy atom. The van der Waals surface area contributed by atoms with E-state index in [1.54, 1.807) is 19.0 Å². The molecule has 1 fully saturated rings. The molecule has 2 rings (SSSR count). The SMILES string of the molecule is C[C@H](NCC1CCN(C[C@H](O)c2ccccc2)CC1)C(=O)N(C)C. The number of benzene rings is 1. The Bertz CT molecular complexity index is 499. The molecule has 134 valence electrons. The Hall–Kier alpha value is -1.43. The molecule has 5 heteroatoms. The molecule has 1 amide bonds. The van der Waals surface area contributed by atoms with Crippen LogP contribution in [0.3, 0.4) is 0 Å². The van der Waals surface area contributed by atoms with Gasteiger partial charge in [-0.2, -0.15) is 0 Å². The number of amides is 1. The summed E-state index contributed by atoms with van der Waals surface area (Å²) in [6.07, 6.45) is 1.80. The van der Waals surface area contributed by atoms with E-state index >= 15 is 0 Å². The van der Waals surface area contributed by atoms with Crippen LogP contribution in [0.5, 0.6) is 0 Å². The molecule has 0 saturated carbocycles. The minimum absolute atomic E-state index is 0.124. The number of β-amino-alcohol motifs (C(OH)–C–C–N with tert-alkyl or cyclic N) is 1. The minimum atomic E-state index is -0.418. The molecule has 1 aromatic rings. The van der Waals surface area contributed by atoms with Crippen LogP contribution in [0.15, 0.2) is 30.3 Å². The lowest BCUT2D eigenvalue weighted by molar-refractivity contribution is -0.130. The molecule has 0 aliphatic carbocycles. The standard InChI is InChI=1S/C19H31N3O2/c1-15(19(24)21(2)3)20-13-16-9-11-22(12-10-16)14-18(23)17-7-5-4-6-8-17/h4-8,15-16,18,20,23H,9-14H2,1-3H3/t15-,18-/m0/s1. The Balaban J connectivity index is 1.69. The topological polar surface area (TPSA) is 55.8 Å². The summed E-state index contributed by atoms with van der Waals surface area (Å²) in [6, 6.07) is 9.73. The Morgan fingerprint density at radius 1 is 1.29 bits per heavy atom. The van der Waals surface area contributed by atoms with Crippen molar-refractivity contribution in [3.8, 4) is 0 Å². The maximum absolute atomic E-state index is 11.9. The normalized spacial score (nSPS) is 19.0. The summed E-state index contributed by atoms with van der Waals surface area (Å²) < 4.78 is 0. The molecule has 1 aromatic carbocycles. The number of piperidine rings is 1. The molecule has 1 aliphatic heterocycles. The first-order valence-electron chi connectivity index (χ1n) is 8.87. The third kappa shape index (κ3) is 5.58. The van der Waals surface area contributed by atoms with Crippen LogP contribution in [-0.2, 0) is 4.79 Å². The van der Waals surface area contributed by atoms with Crippen LogP contribution in [-0.4, -0.2) is 67.1 Å². The van der Waals surface area contributed by atoms with Gasteiger partial charge >= 0.3 is 0 Å². The number of nitrogens with zero attached hydrogens (tertiary/aromatic N) is 2. The highest BCUT2D eigenvalue weighted by atomic mass is 16.3. The molecule has 24 heavy (non-hydrogen) atoms. The third-order valence-corrected chi connectivity index (χ3v) is 4.85. The van der Waals surface area contributed by atoms with Gasteiger partial charge in [-0.15, -0.1) is 0 Å². The number of carbonyl (C=O) groups excluding carboxylic acids is 1. The van der Waals surface area contributed by atoms with Crippen molar-refractivity contribution in [3.05, 3.63) is 35.9 Å². The van der Waals surface area contributed by atoms with E-state index in [4.69, 9.17) is 0 Å². The summed E-state index contributed by atoms with van der Waals surface area (Å²) in [4.78, 5) is 15.8. The molecule has 0 unspecified atom stereocenters. The van der Waals surface area contributed by atoms with Crippen molar-refractivity contribution < 1.29 is 9.90 Å². The van der Waals surface area contributed by atoms with Crippen LogP contribution in [0.4, 0.5) is 0 Å². The molecule has 5 nitrogen and oxygen atoms in total. The molecule has 1 saturated heterocycles. The summed E-state index contributed by atoms with van der Waals surface area (Å²) in [7, 11) is 3.58. The number of likely N-dealkylation sites (tertiary alicyclic amines) is 1. The number of aliphatic hydroxyl groups is 1. The fourth-order valence-electron chi connectivity index (χ4n) is 3.22. The van der Waals surface area contributed by atoms with E-state index in [0.29, 0.717) is 12.5 Å². The van der Waals surface area contributed by atoms with Gasteiger partial charge in [-0.1, -0.05) is 30.3 Å². The van der Waals surface area contributed by atoms with Crippen LogP contribution < -0.4 is 5.32 Å². The van der Waals surface area contributed by atoms with Gasteiger partial charge in [0.05, 0.1) is 12.1 Å². The van der Waals surface area contributed by atoms with Gasteiger partial charge in [0.25, 0.3) is 0 Å². The zero-order valence-corrected chi connectivity index (χ0v) is 15.1. The zero-order valence-electron chi connectivity index (χ0n) is 15.1. The van der Waals surface area contributed by atoms with Crippen molar-refractivity contribution in [2.75, 3.05) is 40.3 Å². The molecule has 0 spiro atoms. The molecule has 1 aliphatic rings. The van der Waals surface area contributed by atoms with E-state index in [2.05, 4.69) is 10.2 Å². The van der Waals surface area contributed by atoms with Crippen molar-refractivity contribution in [2.45, 2.75) is 31.9 Å². The molecule has 0 aromatic heterocycles. The summed E-state index contributed by atoms with van der Waals surface area (Å²) in [6.45, 7) is 5.52. The molecule has 0 radical (unpaired) electrons. The molecule has 0 bridgehead atoms. The lowest BCUT2D eigenvalue weighted by Gasteiger charge is -2.33. The van der Waals surface area contributed by atoms with Crippen LogP contribution in [0.25, 0.3) is 0 Å². The average Bonchev–Trinajstić information content (AvgIpc) is 2.60. The monoisotopic (exact) mass is 333 g/mol. The largest absolute Gasteiger partial charge is 0.387 e. The van der Waals surface area contributed by atoms with Crippen LogP contribution in [0.1, 0.15) is 31.4 Å². The number of hydrogen-bond acceptors (Lipinski definition) is 4. The summed E-state index contributed by atoms with van der Waals surface area (Å²) in [5.41, 5.74) is 0.984. The number of aliphatic hydroxyl groups excluding tert-OH is 1. The number of carbonyl (C=O) groups is 1. The second-order valence-electron chi connectivity index (χ2n) is 7.03. The van der Waals surface area contributed by atoms with E-state index in [1.807, 2.05) is 37.3 Å². The maximum Gasteiger partial charge on any atom is 0.238 e. The minimum Gasteiger partial charge on any atom is -0.387 e. The lowest BCUT2D eigenvalue weighted by Crippen LogP contribution is -2.45. The van der Waals surface area contributed by atoms with Crippen molar-refractivity contribution in [1.82, 2.24) is 15.1 Å². The van der Waals surface area contributed by atoms with E-state index < -0.39 is 6.10 Å². The highest BCUT2D eigenvalue weighted by Gasteiger charge is 2.23. The van der Waals surface area contributed by atoms with Gasteiger partial charge in [0.2, 0.25) is 5.91 Å². The zero-order chi connectivity index (χ0) is 17.5. The highest BCUT2D eigenvalue weighted by molar-refractivity contribution is 5.80. The van der Waals surface area contributed by atoms with E-state index in [1.165, 1.54) is 0 Å². The summed E-state index contributed by atoms with van der Waals surface area (Å²) in [5.74, 6) is 0.728. The predicted octanol–water partition coefficient (Wildman–Crippen LogP) is 1.50. The second-order valence-corrected chi connectivity index (χ2v) is 7.03. The van der Waals surface area contributed by atoms with Gasteiger partial charge < -0.3 is 20.2 Å². The van der Waals surface area contributed by atoms with E-state index in [0.717, 1.165) is 38.0 Å². The fraction of sp³-hybridized carbons (Fsp3) is 0.632. The van der Waals surface area contributed by atoms with Gasteiger partial charge in [0, 0.05) is 20.6 Å². The smallest absolute Gasteiger partial charge is 0.238 e. The first-order valence-corrected chi connectivity index (χ1v) is 8.87. The molecule has 2 atom stereocenters. The second kappa shape index (κ2) is 9.16. The molecule has 2 N–H and O–H groups in total. The van der Waals surface area contributed by atoms with Crippen LogP contribution in [0, 0.1) is 5.92 Å². The number of nitrogens with one attached hydrogen (secondary N) is 1. The molecular formula is C19H31N3O2. The van der Waals surface area contributed by atoms with Crippen LogP contribution >= 0.6 is 0 Å². The first kappa shape index (κ1) is 18.9. The third-order valence-electron chi connectivity index (χ3n) is 4.85. The number of rotatable bonds is 7. The van der Waals surface area contributed by atoms with E-state index in [9.17, 15) is 9.90 Å². The van der Waals surface area contributed by atoms with Gasteiger partial charge in [-0.05, 0) is 50.9 Å². The predicted molar refractivity (Wildman–Crippen MR) is 96.7 cm³/mol. The first-order chi connectivity index (χ1) is 11.5. The van der Waals surface area contributed by atoms with Gasteiger partial charge in [-0.25, -0.2) is 0 Å². The van der Waals surface area contributed by atoms with Crippen molar-refractivity contribution in [3.63, 3.8) is 0 Å². The van der Waals surface area contributed by atoms with Crippen molar-refractivity contribution >= 4 is 5.91 Å². The Labute approximate surface area is 145 Å². The average molecular weight is 333 g/mol. The number of hydrogen-bond donors (Lipinski definition) is 2. The maximum atomic E-state index is 11.9. The quantitative estimate of drug-likeness (QED) is 0.794. The number of likely N-dealkylation sites (N-methyl/N-ethyl adjacent to an activating group) is 1. The van der Waals surface area contributed by atoms with E-state index in [-0.39, 0.29) is 11.9 Å². The lowest BCUT2D eigenvalue weighted by atomic mass is 9.96. The summed E-state index contributed by atoms with van der Waals surface area (Å²) in [5, 5.41) is 13.7. The fourth-order valence-corrected chi connectivity index (χ4v) is 3.22. The van der Waals surface area contributed by atoms with Crippen molar-refractivity contribution in [1.29, 1.82) is 0 Å². The van der Waals surface area contributed by atoms with Crippen LogP contribution in [0.2, 0.25) is 0 Å². The Morgan fingerprint density at radius 2 is 1.92 bits per heavy atom. The highest BCUT2D eigenvalue weighted by Crippen LogP contribution is 2.20. The van der Waals surface area contributed by atoms with Gasteiger partial charge in [-0.3, -0.25) is 4.79 Å². The van der Waals surface area contributed by atoms with Gasteiger partial charge in [0.1, 0.15) is 0 Å². The van der Waals surface area contributed by atoms with Gasteiger partial charge in [0.15, 0.2) is 0 Å². The molecule has 1 heterocycles. The Kier molecular flexibility index (Phi) is 7.21.